The number of hydrogen-bond acceptors (Lipinski definition) is 3. The summed E-state index contributed by atoms with van der Waals surface area (Å²) >= 11 is 0. The molecule has 0 spiro atoms. The van der Waals surface area contributed by atoms with Crippen LogP contribution in [0.4, 0.5) is 5.82 Å². The van der Waals surface area contributed by atoms with Crippen LogP contribution >= 0.6 is 0 Å². The summed E-state index contributed by atoms with van der Waals surface area (Å²) in [7, 11) is 0. The molecular weight excluding hydrogens is 224 g/mol. The molecule has 1 aromatic heterocycles. The number of anilines is 1. The molecule has 2 heterocycles. The molecule has 1 aliphatic heterocycles. The van der Waals surface area contributed by atoms with Gasteiger partial charge in [-0.2, -0.15) is 0 Å². The van der Waals surface area contributed by atoms with Crippen molar-refractivity contribution in [2.75, 3.05) is 18.5 Å². The number of benzene rings is 1. The normalized spacial score (nSPS) is 17.7. The highest BCUT2D eigenvalue weighted by molar-refractivity contribution is 5.40. The van der Waals surface area contributed by atoms with Crippen molar-refractivity contribution < 1.29 is 4.74 Å². The molecule has 0 bridgehead atoms. The minimum atomic E-state index is 0.497. The largest absolute Gasteiger partial charge is 0.493 e. The fraction of sp³-hybridized carbons (Fsp3) is 0.267. The van der Waals surface area contributed by atoms with Crippen LogP contribution < -0.4 is 10.1 Å². The maximum absolute atomic E-state index is 5.66. The molecule has 1 aliphatic rings. The van der Waals surface area contributed by atoms with Gasteiger partial charge >= 0.3 is 0 Å². The standard InChI is InChI=1S/C15H16N2O/c1-2-6-14-13(5-1)12(8-10-18-14)11-17-15-7-3-4-9-16-15/h1-7,9,12H,8,10-11H2,(H,16,17). The fourth-order valence-corrected chi connectivity index (χ4v) is 2.32. The van der Waals surface area contributed by atoms with Gasteiger partial charge in [-0.3, -0.25) is 0 Å². The van der Waals surface area contributed by atoms with Gasteiger partial charge in [0.1, 0.15) is 11.6 Å². The molecule has 0 saturated carbocycles. The Labute approximate surface area is 107 Å². The van der Waals surface area contributed by atoms with Gasteiger partial charge in [-0.25, -0.2) is 4.98 Å². The number of para-hydroxylation sites is 1. The molecule has 0 aliphatic carbocycles. The second-order valence-electron chi connectivity index (χ2n) is 4.47. The Kier molecular flexibility index (Phi) is 3.13. The first-order valence-corrected chi connectivity index (χ1v) is 6.30. The number of nitrogens with zero attached hydrogens (tertiary/aromatic N) is 1. The van der Waals surface area contributed by atoms with Crippen LogP contribution in [0.2, 0.25) is 0 Å². The lowest BCUT2D eigenvalue weighted by Gasteiger charge is -2.26. The van der Waals surface area contributed by atoms with Crippen LogP contribution in [0.5, 0.6) is 5.75 Å². The van der Waals surface area contributed by atoms with Gasteiger partial charge < -0.3 is 10.1 Å². The predicted octanol–water partition coefficient (Wildman–Crippen LogP) is 3.06. The molecule has 18 heavy (non-hydrogen) atoms. The molecule has 1 aromatic carbocycles. The molecule has 3 heteroatoms. The number of ether oxygens (including phenoxy) is 1. The Morgan fingerprint density at radius 3 is 2.94 bits per heavy atom. The van der Waals surface area contributed by atoms with Crippen LogP contribution in [0.15, 0.2) is 48.7 Å². The average molecular weight is 240 g/mol. The van der Waals surface area contributed by atoms with Crippen LogP contribution in [0, 0.1) is 0 Å². The van der Waals surface area contributed by atoms with Gasteiger partial charge in [-0.15, -0.1) is 0 Å². The van der Waals surface area contributed by atoms with Crippen molar-refractivity contribution in [3.05, 3.63) is 54.2 Å². The van der Waals surface area contributed by atoms with E-state index in [9.17, 15) is 0 Å². The first-order valence-electron chi connectivity index (χ1n) is 6.30. The van der Waals surface area contributed by atoms with Gasteiger partial charge in [-0.1, -0.05) is 24.3 Å². The molecule has 0 saturated heterocycles. The van der Waals surface area contributed by atoms with E-state index in [4.69, 9.17) is 4.74 Å². The summed E-state index contributed by atoms with van der Waals surface area (Å²) in [6, 6.07) is 14.2. The highest BCUT2D eigenvalue weighted by Crippen LogP contribution is 2.33. The third kappa shape index (κ3) is 2.30. The third-order valence-electron chi connectivity index (χ3n) is 3.28. The lowest BCUT2D eigenvalue weighted by molar-refractivity contribution is 0.270. The molecule has 1 N–H and O–H groups in total. The van der Waals surface area contributed by atoms with Crippen molar-refractivity contribution >= 4 is 5.82 Å². The van der Waals surface area contributed by atoms with E-state index < -0.39 is 0 Å². The molecule has 92 valence electrons. The zero-order valence-electron chi connectivity index (χ0n) is 10.2. The smallest absolute Gasteiger partial charge is 0.125 e. The zero-order chi connectivity index (χ0) is 12.2. The second-order valence-corrected chi connectivity index (χ2v) is 4.47. The third-order valence-corrected chi connectivity index (χ3v) is 3.28. The average Bonchev–Trinajstić information content (AvgIpc) is 2.46. The Morgan fingerprint density at radius 1 is 1.17 bits per heavy atom. The molecule has 0 fully saturated rings. The van der Waals surface area contributed by atoms with Gasteiger partial charge in [0.25, 0.3) is 0 Å². The van der Waals surface area contributed by atoms with Crippen LogP contribution in [0.3, 0.4) is 0 Å². The van der Waals surface area contributed by atoms with E-state index in [1.807, 2.05) is 30.3 Å². The molecule has 0 amide bonds. The Hall–Kier alpha value is -2.03. The molecule has 0 radical (unpaired) electrons. The second kappa shape index (κ2) is 5.08. The topological polar surface area (TPSA) is 34.1 Å². The molecule has 1 unspecified atom stereocenters. The highest BCUT2D eigenvalue weighted by Gasteiger charge is 2.20. The first-order chi connectivity index (χ1) is 8.93. The van der Waals surface area contributed by atoms with Crippen molar-refractivity contribution in [2.45, 2.75) is 12.3 Å². The van der Waals surface area contributed by atoms with Crippen molar-refractivity contribution in [2.24, 2.45) is 0 Å². The number of pyridine rings is 1. The van der Waals surface area contributed by atoms with E-state index in [1.165, 1.54) is 5.56 Å². The van der Waals surface area contributed by atoms with Crippen LogP contribution in [-0.4, -0.2) is 18.1 Å². The Morgan fingerprint density at radius 2 is 2.06 bits per heavy atom. The minimum absolute atomic E-state index is 0.497. The fourth-order valence-electron chi connectivity index (χ4n) is 2.32. The van der Waals surface area contributed by atoms with Crippen molar-refractivity contribution in [1.29, 1.82) is 0 Å². The van der Waals surface area contributed by atoms with E-state index in [0.717, 1.165) is 31.1 Å². The van der Waals surface area contributed by atoms with Gasteiger partial charge in [0.2, 0.25) is 0 Å². The molecule has 2 aromatic rings. The maximum Gasteiger partial charge on any atom is 0.125 e. The SMILES string of the molecule is c1ccc(NCC2CCOc3ccccc32)nc1. The lowest BCUT2D eigenvalue weighted by Crippen LogP contribution is -2.20. The predicted molar refractivity (Wildman–Crippen MR) is 72.0 cm³/mol. The van der Waals surface area contributed by atoms with Crippen LogP contribution in [-0.2, 0) is 0 Å². The number of hydrogen-bond donors (Lipinski definition) is 1. The summed E-state index contributed by atoms with van der Waals surface area (Å²) in [5, 5.41) is 3.39. The number of nitrogens with one attached hydrogen (secondary N) is 1. The van der Waals surface area contributed by atoms with Crippen molar-refractivity contribution in [3.63, 3.8) is 0 Å². The molecule has 1 atom stereocenters. The van der Waals surface area contributed by atoms with Crippen LogP contribution in [0.25, 0.3) is 0 Å². The number of rotatable bonds is 3. The highest BCUT2D eigenvalue weighted by atomic mass is 16.5. The van der Waals surface area contributed by atoms with E-state index >= 15 is 0 Å². The van der Waals surface area contributed by atoms with E-state index in [2.05, 4.69) is 22.4 Å². The summed E-state index contributed by atoms with van der Waals surface area (Å²) in [6.07, 6.45) is 2.86. The van der Waals surface area contributed by atoms with Crippen molar-refractivity contribution in [3.8, 4) is 5.75 Å². The first kappa shape index (κ1) is 11.1. The minimum Gasteiger partial charge on any atom is -0.493 e. The van der Waals surface area contributed by atoms with Gasteiger partial charge in [0, 0.05) is 18.7 Å². The monoisotopic (exact) mass is 240 g/mol. The Bertz CT molecular complexity index is 513. The number of aromatic nitrogens is 1. The summed E-state index contributed by atoms with van der Waals surface area (Å²) in [5.41, 5.74) is 1.30. The molecular formula is C15H16N2O. The van der Waals surface area contributed by atoms with E-state index in [-0.39, 0.29) is 0 Å². The quantitative estimate of drug-likeness (QED) is 0.895. The van der Waals surface area contributed by atoms with Crippen LogP contribution in [0.1, 0.15) is 17.9 Å². The molecule has 3 rings (SSSR count). The molecule has 3 nitrogen and oxygen atoms in total. The van der Waals surface area contributed by atoms with Gasteiger partial charge in [0.15, 0.2) is 0 Å². The lowest BCUT2D eigenvalue weighted by atomic mass is 9.93. The Balaban J connectivity index is 1.71. The van der Waals surface area contributed by atoms with Crippen molar-refractivity contribution in [1.82, 2.24) is 4.98 Å². The summed E-state index contributed by atoms with van der Waals surface area (Å²) in [5.74, 6) is 2.45. The number of fused-ring (bicyclic) bond motifs is 1. The zero-order valence-corrected chi connectivity index (χ0v) is 10.2. The summed E-state index contributed by atoms with van der Waals surface area (Å²) < 4.78 is 5.66. The van der Waals surface area contributed by atoms with E-state index in [0.29, 0.717) is 5.92 Å². The maximum atomic E-state index is 5.66. The summed E-state index contributed by atoms with van der Waals surface area (Å²) in [4.78, 5) is 4.28. The summed E-state index contributed by atoms with van der Waals surface area (Å²) in [6.45, 7) is 1.70. The van der Waals surface area contributed by atoms with Gasteiger partial charge in [-0.05, 0) is 30.2 Å². The van der Waals surface area contributed by atoms with E-state index in [1.54, 1.807) is 6.20 Å². The van der Waals surface area contributed by atoms with Gasteiger partial charge in [0.05, 0.1) is 6.61 Å².